The SMILES string of the molecule is COc1ccc(-c2[nH]c3ccc(Oc4c(Cl)cc(CCC(=O)O)cc4Cl)cc3c2C)cc1. The summed E-state index contributed by atoms with van der Waals surface area (Å²) in [6.07, 6.45) is 0.352. The molecule has 164 valence electrons. The van der Waals surface area contributed by atoms with Crippen LogP contribution in [-0.4, -0.2) is 23.2 Å². The van der Waals surface area contributed by atoms with Gasteiger partial charge in [0, 0.05) is 23.0 Å². The van der Waals surface area contributed by atoms with Crippen LogP contribution in [0.1, 0.15) is 17.5 Å². The van der Waals surface area contributed by atoms with Crippen molar-refractivity contribution in [1.82, 2.24) is 4.98 Å². The normalized spacial score (nSPS) is 11.0. The zero-order valence-corrected chi connectivity index (χ0v) is 19.1. The maximum Gasteiger partial charge on any atom is 0.303 e. The van der Waals surface area contributed by atoms with Gasteiger partial charge in [0.2, 0.25) is 0 Å². The number of carboxylic acid groups (broad SMARTS) is 1. The monoisotopic (exact) mass is 469 g/mol. The molecule has 0 saturated carbocycles. The van der Waals surface area contributed by atoms with E-state index in [1.165, 1.54) is 0 Å². The van der Waals surface area contributed by atoms with Gasteiger partial charge >= 0.3 is 5.97 Å². The molecular formula is C25H21Cl2NO4. The second-order valence-electron chi connectivity index (χ2n) is 7.45. The van der Waals surface area contributed by atoms with Gasteiger partial charge in [-0.3, -0.25) is 4.79 Å². The Bertz CT molecular complexity index is 1270. The predicted octanol–water partition coefficient (Wildman–Crippen LogP) is 7.27. The summed E-state index contributed by atoms with van der Waals surface area (Å²) in [6.45, 7) is 2.05. The number of rotatable bonds is 7. The molecule has 3 aromatic carbocycles. The molecule has 0 aliphatic rings. The van der Waals surface area contributed by atoms with Gasteiger partial charge in [-0.05, 0) is 84.6 Å². The number of aromatic amines is 1. The number of H-pyrrole nitrogens is 1. The topological polar surface area (TPSA) is 71.5 Å². The zero-order valence-electron chi connectivity index (χ0n) is 17.5. The Hall–Kier alpha value is -3.15. The first-order valence-corrected chi connectivity index (χ1v) is 10.8. The molecule has 1 aromatic heterocycles. The van der Waals surface area contributed by atoms with E-state index in [1.807, 2.05) is 42.5 Å². The van der Waals surface area contributed by atoms with Crippen LogP contribution in [0.4, 0.5) is 0 Å². The first-order valence-electron chi connectivity index (χ1n) is 10.00. The number of carboxylic acids is 1. The van der Waals surface area contributed by atoms with Gasteiger partial charge in [-0.25, -0.2) is 0 Å². The van der Waals surface area contributed by atoms with Crippen molar-refractivity contribution in [2.45, 2.75) is 19.8 Å². The minimum absolute atomic E-state index is 0.00677. The van der Waals surface area contributed by atoms with Crippen LogP contribution in [-0.2, 0) is 11.2 Å². The first kappa shape index (κ1) is 22.1. The largest absolute Gasteiger partial charge is 0.497 e. The molecule has 4 rings (SSSR count). The van der Waals surface area contributed by atoms with Gasteiger partial charge in [0.05, 0.1) is 17.2 Å². The fraction of sp³-hybridized carbons (Fsp3) is 0.160. The van der Waals surface area contributed by atoms with Crippen LogP contribution in [0, 0.1) is 6.92 Å². The number of nitrogens with one attached hydrogen (secondary N) is 1. The molecule has 0 saturated heterocycles. The molecule has 0 atom stereocenters. The molecule has 0 radical (unpaired) electrons. The third-order valence-corrected chi connectivity index (χ3v) is 5.88. The molecule has 5 nitrogen and oxygen atoms in total. The number of carbonyl (C=O) groups is 1. The number of ether oxygens (including phenoxy) is 2. The van der Waals surface area contributed by atoms with E-state index in [0.717, 1.165) is 39.0 Å². The van der Waals surface area contributed by atoms with E-state index < -0.39 is 5.97 Å². The molecule has 0 aliphatic heterocycles. The van der Waals surface area contributed by atoms with E-state index in [1.54, 1.807) is 19.2 Å². The third-order valence-electron chi connectivity index (χ3n) is 5.31. The van der Waals surface area contributed by atoms with Gasteiger partial charge in [0.25, 0.3) is 0 Å². The second kappa shape index (κ2) is 9.15. The van der Waals surface area contributed by atoms with Crippen LogP contribution in [0.2, 0.25) is 10.0 Å². The van der Waals surface area contributed by atoms with Crippen molar-refractivity contribution < 1.29 is 19.4 Å². The summed E-state index contributed by atoms with van der Waals surface area (Å²) in [7, 11) is 1.65. The maximum absolute atomic E-state index is 10.8. The zero-order chi connectivity index (χ0) is 22.8. The summed E-state index contributed by atoms with van der Waals surface area (Å²) in [5, 5.41) is 10.6. The van der Waals surface area contributed by atoms with E-state index in [4.69, 9.17) is 37.8 Å². The quantitative estimate of drug-likeness (QED) is 0.298. The molecule has 4 aromatic rings. The number of halogens is 2. The molecule has 7 heteroatoms. The number of benzene rings is 3. The van der Waals surface area contributed by atoms with Gasteiger partial charge in [0.15, 0.2) is 5.75 Å². The van der Waals surface area contributed by atoms with Crippen molar-refractivity contribution in [3.05, 3.63) is 75.8 Å². The fourth-order valence-electron chi connectivity index (χ4n) is 3.64. The van der Waals surface area contributed by atoms with Gasteiger partial charge in [-0.1, -0.05) is 23.2 Å². The van der Waals surface area contributed by atoms with E-state index in [2.05, 4.69) is 11.9 Å². The first-order chi connectivity index (χ1) is 15.4. The second-order valence-corrected chi connectivity index (χ2v) is 8.26. The number of aryl methyl sites for hydroxylation is 2. The molecule has 0 bridgehead atoms. The van der Waals surface area contributed by atoms with Crippen molar-refractivity contribution in [1.29, 1.82) is 0 Å². The molecule has 2 N–H and O–H groups in total. The van der Waals surface area contributed by atoms with E-state index in [-0.39, 0.29) is 6.42 Å². The number of aromatic nitrogens is 1. The van der Waals surface area contributed by atoms with E-state index in [9.17, 15) is 4.79 Å². The standard InChI is InChI=1S/C25H21Cl2NO4/c1-14-19-13-18(32-25-20(26)11-15(12-21(25)27)3-10-23(29)30)8-9-22(19)28-24(14)16-4-6-17(31-2)7-5-16/h4-9,11-13,28H,3,10H2,1-2H3,(H,29,30). The van der Waals surface area contributed by atoms with Gasteiger partial charge in [-0.15, -0.1) is 0 Å². The number of methoxy groups -OCH3 is 1. The molecule has 0 amide bonds. The Labute approximate surface area is 195 Å². The lowest BCUT2D eigenvalue weighted by Gasteiger charge is -2.12. The molecule has 32 heavy (non-hydrogen) atoms. The summed E-state index contributed by atoms with van der Waals surface area (Å²) < 4.78 is 11.3. The lowest BCUT2D eigenvalue weighted by molar-refractivity contribution is -0.136. The van der Waals surface area contributed by atoms with E-state index in [0.29, 0.717) is 28.0 Å². The Kier molecular flexibility index (Phi) is 6.31. The van der Waals surface area contributed by atoms with Crippen LogP contribution in [0.15, 0.2) is 54.6 Å². The lowest BCUT2D eigenvalue weighted by atomic mass is 10.1. The van der Waals surface area contributed by atoms with Crippen LogP contribution in [0.3, 0.4) is 0 Å². The highest BCUT2D eigenvalue weighted by molar-refractivity contribution is 6.37. The van der Waals surface area contributed by atoms with Crippen molar-refractivity contribution in [3.8, 4) is 28.5 Å². The molecule has 1 heterocycles. The third kappa shape index (κ3) is 4.54. The van der Waals surface area contributed by atoms with Crippen LogP contribution in [0.25, 0.3) is 22.2 Å². The molecule has 0 unspecified atom stereocenters. The Morgan fingerprint density at radius 3 is 2.28 bits per heavy atom. The highest BCUT2D eigenvalue weighted by Crippen LogP contribution is 2.39. The minimum atomic E-state index is -0.873. The minimum Gasteiger partial charge on any atom is -0.497 e. The molecular weight excluding hydrogens is 449 g/mol. The summed E-state index contributed by atoms with van der Waals surface area (Å²) in [5.41, 5.74) is 4.91. The average Bonchev–Trinajstić information content (AvgIpc) is 3.11. The van der Waals surface area contributed by atoms with Gasteiger partial charge in [-0.2, -0.15) is 0 Å². The Morgan fingerprint density at radius 2 is 1.66 bits per heavy atom. The van der Waals surface area contributed by atoms with Gasteiger partial charge in [0.1, 0.15) is 11.5 Å². The maximum atomic E-state index is 10.8. The number of hydrogen-bond donors (Lipinski definition) is 2. The molecule has 0 aliphatic carbocycles. The number of hydrogen-bond acceptors (Lipinski definition) is 3. The molecule has 0 spiro atoms. The van der Waals surface area contributed by atoms with Crippen LogP contribution in [0.5, 0.6) is 17.2 Å². The summed E-state index contributed by atoms with van der Waals surface area (Å²) in [6, 6.07) is 17.0. The Morgan fingerprint density at radius 1 is 1.00 bits per heavy atom. The van der Waals surface area contributed by atoms with Crippen molar-refractivity contribution in [3.63, 3.8) is 0 Å². The average molecular weight is 470 g/mol. The number of aliphatic carboxylic acids is 1. The van der Waals surface area contributed by atoms with Gasteiger partial charge < -0.3 is 19.6 Å². The highest BCUT2D eigenvalue weighted by atomic mass is 35.5. The van der Waals surface area contributed by atoms with Crippen molar-refractivity contribution in [2.24, 2.45) is 0 Å². The summed E-state index contributed by atoms with van der Waals surface area (Å²) in [4.78, 5) is 14.3. The van der Waals surface area contributed by atoms with Crippen molar-refractivity contribution in [2.75, 3.05) is 7.11 Å². The molecule has 0 fully saturated rings. The Balaban J connectivity index is 1.63. The van der Waals surface area contributed by atoms with Crippen molar-refractivity contribution >= 4 is 40.1 Å². The van der Waals surface area contributed by atoms with Crippen LogP contribution >= 0.6 is 23.2 Å². The predicted molar refractivity (Wildman–Crippen MR) is 128 cm³/mol. The van der Waals surface area contributed by atoms with Crippen LogP contribution < -0.4 is 9.47 Å². The lowest BCUT2D eigenvalue weighted by Crippen LogP contribution is -1.98. The summed E-state index contributed by atoms with van der Waals surface area (Å²) in [5.74, 6) is 0.876. The van der Waals surface area contributed by atoms with E-state index >= 15 is 0 Å². The highest BCUT2D eigenvalue weighted by Gasteiger charge is 2.14. The number of fused-ring (bicyclic) bond motifs is 1. The fourth-order valence-corrected chi connectivity index (χ4v) is 4.25. The summed E-state index contributed by atoms with van der Waals surface area (Å²) >= 11 is 12.8. The smallest absolute Gasteiger partial charge is 0.303 e.